The van der Waals surface area contributed by atoms with Crippen LogP contribution < -0.4 is 10.6 Å². The largest absolute Gasteiger partial charge is 0.356 e. The fourth-order valence-corrected chi connectivity index (χ4v) is 4.05. The van der Waals surface area contributed by atoms with Crippen molar-refractivity contribution >= 4 is 5.96 Å². The smallest absolute Gasteiger partial charge is 0.191 e. The molecule has 0 radical (unpaired) electrons. The first-order chi connectivity index (χ1) is 13.1. The molecule has 0 amide bonds. The highest BCUT2D eigenvalue weighted by Crippen LogP contribution is 2.47. The van der Waals surface area contributed by atoms with E-state index in [1.807, 2.05) is 7.05 Å². The van der Waals surface area contributed by atoms with Crippen molar-refractivity contribution in [2.75, 3.05) is 13.6 Å². The highest BCUT2D eigenvalue weighted by atomic mass is 15.3. The predicted molar refractivity (Wildman–Crippen MR) is 110 cm³/mol. The molecule has 1 aromatic heterocycles. The fourth-order valence-electron chi connectivity index (χ4n) is 4.05. The third-order valence-corrected chi connectivity index (χ3v) is 6.02. The van der Waals surface area contributed by atoms with E-state index in [2.05, 4.69) is 70.7 Å². The summed E-state index contributed by atoms with van der Waals surface area (Å²) in [5, 5.41) is 12.0. The topological polar surface area (TPSA) is 54.2 Å². The molecule has 1 heterocycles. The van der Waals surface area contributed by atoms with E-state index in [9.17, 15) is 0 Å². The molecule has 1 saturated carbocycles. The third kappa shape index (κ3) is 3.87. The van der Waals surface area contributed by atoms with Crippen molar-refractivity contribution in [2.45, 2.75) is 63.5 Å². The number of nitrogens with zero attached hydrogens (tertiary/aromatic N) is 3. The quantitative estimate of drug-likeness (QED) is 0.632. The molecule has 0 bridgehead atoms. The van der Waals surface area contributed by atoms with E-state index in [4.69, 9.17) is 5.10 Å². The number of hydrogen-bond donors (Lipinski definition) is 2. The van der Waals surface area contributed by atoms with Gasteiger partial charge < -0.3 is 10.6 Å². The monoisotopic (exact) mass is 365 g/mol. The second-order valence-electron chi connectivity index (χ2n) is 8.33. The number of hydrogen-bond acceptors (Lipinski definition) is 2. The number of nitrogens with one attached hydrogen (secondary N) is 2. The van der Waals surface area contributed by atoms with Gasteiger partial charge >= 0.3 is 0 Å². The van der Waals surface area contributed by atoms with Gasteiger partial charge in [0.1, 0.15) is 0 Å². The highest BCUT2D eigenvalue weighted by molar-refractivity contribution is 5.80. The maximum atomic E-state index is 4.78. The van der Waals surface area contributed by atoms with Crippen molar-refractivity contribution in [1.29, 1.82) is 0 Å². The van der Waals surface area contributed by atoms with Crippen LogP contribution in [0.1, 0.15) is 56.0 Å². The van der Waals surface area contributed by atoms with Gasteiger partial charge in [-0.15, -0.1) is 0 Å². The van der Waals surface area contributed by atoms with Crippen molar-refractivity contribution in [3.8, 4) is 0 Å². The maximum absolute atomic E-state index is 4.78. The molecule has 144 valence electrons. The third-order valence-electron chi connectivity index (χ3n) is 6.02. The first-order valence-electron chi connectivity index (χ1n) is 10.2. The molecule has 4 rings (SSSR count). The van der Waals surface area contributed by atoms with Gasteiger partial charge in [0.25, 0.3) is 0 Å². The Morgan fingerprint density at radius 2 is 2.07 bits per heavy atom. The van der Waals surface area contributed by atoms with Crippen LogP contribution >= 0.6 is 0 Å². The van der Waals surface area contributed by atoms with Gasteiger partial charge in [-0.05, 0) is 50.7 Å². The summed E-state index contributed by atoms with van der Waals surface area (Å²) in [5.41, 5.74) is 4.38. The van der Waals surface area contributed by atoms with E-state index >= 15 is 0 Å². The molecule has 27 heavy (non-hydrogen) atoms. The Hall–Kier alpha value is -2.30. The van der Waals surface area contributed by atoms with Crippen LogP contribution in [0.5, 0.6) is 0 Å². The first-order valence-corrected chi connectivity index (χ1v) is 10.2. The van der Waals surface area contributed by atoms with Crippen LogP contribution in [0.25, 0.3) is 0 Å². The van der Waals surface area contributed by atoms with Crippen molar-refractivity contribution in [3.05, 3.63) is 53.3 Å². The van der Waals surface area contributed by atoms with Crippen molar-refractivity contribution in [3.63, 3.8) is 0 Å². The van der Waals surface area contributed by atoms with Crippen LogP contribution in [-0.2, 0) is 18.3 Å². The molecule has 5 nitrogen and oxygen atoms in total. The molecule has 0 saturated heterocycles. The SMILES string of the molecule is CN=C(NCC1(c2ccccc2)CC1)NC1CCc2cn(C(C)C)nc2C1. The van der Waals surface area contributed by atoms with Crippen molar-refractivity contribution in [2.24, 2.45) is 4.99 Å². The zero-order chi connectivity index (χ0) is 18.9. The Labute approximate surface area is 162 Å². The molecule has 0 aliphatic heterocycles. The molecule has 1 unspecified atom stereocenters. The number of rotatable bonds is 5. The Bertz CT molecular complexity index is 801. The fraction of sp³-hybridized carbons (Fsp3) is 0.545. The summed E-state index contributed by atoms with van der Waals surface area (Å²) >= 11 is 0. The second kappa shape index (κ2) is 7.37. The Balaban J connectivity index is 1.35. The molecule has 2 N–H and O–H groups in total. The van der Waals surface area contributed by atoms with Crippen LogP contribution in [0, 0.1) is 0 Å². The van der Waals surface area contributed by atoms with Crippen molar-refractivity contribution < 1.29 is 0 Å². The minimum atomic E-state index is 0.286. The van der Waals surface area contributed by atoms with E-state index in [-0.39, 0.29) is 5.41 Å². The van der Waals surface area contributed by atoms with Gasteiger partial charge in [-0.2, -0.15) is 5.10 Å². The number of aromatic nitrogens is 2. The van der Waals surface area contributed by atoms with Gasteiger partial charge in [-0.1, -0.05) is 30.3 Å². The standard InChI is InChI=1S/C22H31N5/c1-16(2)27-14-17-9-10-19(13-20(17)26-27)25-21(23-3)24-15-22(11-12-22)18-7-5-4-6-8-18/h4-8,14,16,19H,9-13,15H2,1-3H3,(H2,23,24,25). The molecular weight excluding hydrogens is 334 g/mol. The van der Waals surface area contributed by atoms with Crippen LogP contribution in [-0.4, -0.2) is 35.4 Å². The lowest BCUT2D eigenvalue weighted by Crippen LogP contribution is -2.47. The number of benzene rings is 1. The zero-order valence-electron chi connectivity index (χ0n) is 16.7. The van der Waals surface area contributed by atoms with Gasteiger partial charge in [0, 0.05) is 43.7 Å². The maximum Gasteiger partial charge on any atom is 0.191 e. The lowest BCUT2D eigenvalue weighted by molar-refractivity contribution is 0.497. The molecule has 1 aromatic carbocycles. The zero-order valence-corrected chi connectivity index (χ0v) is 16.7. The summed E-state index contributed by atoms with van der Waals surface area (Å²) < 4.78 is 2.09. The van der Waals surface area contributed by atoms with Crippen LogP contribution in [0.4, 0.5) is 0 Å². The number of guanidine groups is 1. The summed E-state index contributed by atoms with van der Waals surface area (Å²) in [6, 6.07) is 11.7. The summed E-state index contributed by atoms with van der Waals surface area (Å²) in [6.07, 6.45) is 7.91. The molecule has 1 fully saturated rings. The van der Waals surface area contributed by atoms with Gasteiger partial charge in [0.05, 0.1) is 5.69 Å². The second-order valence-corrected chi connectivity index (χ2v) is 8.33. The van der Waals surface area contributed by atoms with E-state index in [0.717, 1.165) is 31.8 Å². The minimum Gasteiger partial charge on any atom is -0.356 e. The van der Waals surface area contributed by atoms with Crippen LogP contribution in [0.3, 0.4) is 0 Å². The molecule has 1 atom stereocenters. The molecule has 2 aliphatic rings. The van der Waals surface area contributed by atoms with E-state index in [1.165, 1.54) is 29.7 Å². The number of fused-ring (bicyclic) bond motifs is 1. The van der Waals surface area contributed by atoms with E-state index in [1.54, 1.807) is 0 Å². The summed E-state index contributed by atoms with van der Waals surface area (Å²) in [4.78, 5) is 4.46. The molecular formula is C22H31N5. The number of aryl methyl sites for hydroxylation is 1. The van der Waals surface area contributed by atoms with Crippen LogP contribution in [0.15, 0.2) is 41.5 Å². The predicted octanol–water partition coefficient (Wildman–Crippen LogP) is 3.22. The Morgan fingerprint density at radius 3 is 2.74 bits per heavy atom. The molecule has 2 aromatic rings. The first kappa shape index (κ1) is 18.1. The number of aliphatic imine (C=N–C) groups is 1. The highest BCUT2D eigenvalue weighted by Gasteiger charge is 2.44. The van der Waals surface area contributed by atoms with Gasteiger partial charge in [-0.3, -0.25) is 9.67 Å². The average Bonchev–Trinajstić information content (AvgIpc) is 3.36. The normalized spacial score (nSPS) is 21.0. The van der Waals surface area contributed by atoms with Gasteiger partial charge in [-0.25, -0.2) is 0 Å². The molecule has 5 heteroatoms. The van der Waals surface area contributed by atoms with E-state index in [0.29, 0.717) is 12.1 Å². The van der Waals surface area contributed by atoms with Gasteiger partial charge in [0.15, 0.2) is 5.96 Å². The Kier molecular flexibility index (Phi) is 4.94. The lowest BCUT2D eigenvalue weighted by Gasteiger charge is -2.26. The van der Waals surface area contributed by atoms with E-state index < -0.39 is 0 Å². The minimum absolute atomic E-state index is 0.286. The van der Waals surface area contributed by atoms with Gasteiger partial charge in [0.2, 0.25) is 0 Å². The molecule has 0 spiro atoms. The Morgan fingerprint density at radius 1 is 1.30 bits per heavy atom. The lowest BCUT2D eigenvalue weighted by atomic mass is 9.94. The summed E-state index contributed by atoms with van der Waals surface area (Å²) in [5.74, 6) is 0.911. The summed E-state index contributed by atoms with van der Waals surface area (Å²) in [6.45, 7) is 5.30. The summed E-state index contributed by atoms with van der Waals surface area (Å²) in [7, 11) is 1.86. The average molecular weight is 366 g/mol. The van der Waals surface area contributed by atoms with Crippen LogP contribution in [0.2, 0.25) is 0 Å². The molecule has 2 aliphatic carbocycles. The van der Waals surface area contributed by atoms with Crippen molar-refractivity contribution in [1.82, 2.24) is 20.4 Å².